The van der Waals surface area contributed by atoms with Gasteiger partial charge in [0.25, 0.3) is 5.91 Å². The Balaban J connectivity index is 1.59. The largest absolute Gasteiger partial charge is 0.508 e. The van der Waals surface area contributed by atoms with E-state index in [9.17, 15) is 9.90 Å². The van der Waals surface area contributed by atoms with Gasteiger partial charge < -0.3 is 15.3 Å². The molecule has 2 fully saturated rings. The van der Waals surface area contributed by atoms with Crippen molar-refractivity contribution in [1.82, 2.24) is 10.2 Å². The number of amides is 1. The van der Waals surface area contributed by atoms with Crippen molar-refractivity contribution in [2.75, 3.05) is 20.1 Å². The number of phenolic OH excluding ortho intramolecular Hbond substituents is 1. The first kappa shape index (κ1) is 18.1. The lowest BCUT2D eigenvalue weighted by atomic mass is 9.58. The smallest absolute Gasteiger partial charge is 0.251 e. The fourth-order valence-electron chi connectivity index (χ4n) is 5.11. The fourth-order valence-corrected chi connectivity index (χ4v) is 5.11. The minimum atomic E-state index is 0.0121. The normalized spacial score (nSPS) is 28.3. The highest BCUT2D eigenvalue weighted by Gasteiger charge is 2.47. The van der Waals surface area contributed by atoms with Gasteiger partial charge >= 0.3 is 0 Å². The lowest BCUT2D eigenvalue weighted by molar-refractivity contribution is 0.0533. The van der Waals surface area contributed by atoms with E-state index < -0.39 is 0 Å². The Morgan fingerprint density at radius 2 is 1.96 bits per heavy atom. The summed E-state index contributed by atoms with van der Waals surface area (Å²) < 4.78 is 0. The summed E-state index contributed by atoms with van der Waals surface area (Å²) in [5.74, 6) is 0.899. The highest BCUT2D eigenvalue weighted by atomic mass is 16.3. The van der Waals surface area contributed by atoms with Crippen molar-refractivity contribution < 1.29 is 9.90 Å². The predicted octanol–water partition coefficient (Wildman–Crippen LogP) is 3.56. The van der Waals surface area contributed by atoms with E-state index in [1.807, 2.05) is 42.5 Å². The molecule has 27 heavy (non-hydrogen) atoms. The summed E-state index contributed by atoms with van der Waals surface area (Å²) in [6, 6.07) is 17.4. The van der Waals surface area contributed by atoms with E-state index in [0.29, 0.717) is 11.7 Å². The number of benzene rings is 2. The van der Waals surface area contributed by atoms with Crippen LogP contribution in [0.4, 0.5) is 0 Å². The second-order valence-electron chi connectivity index (χ2n) is 8.23. The molecule has 1 aliphatic heterocycles. The first-order valence-corrected chi connectivity index (χ1v) is 9.91. The highest BCUT2D eigenvalue weighted by molar-refractivity contribution is 5.94. The summed E-state index contributed by atoms with van der Waals surface area (Å²) in [4.78, 5) is 15.1. The van der Waals surface area contributed by atoms with Gasteiger partial charge in [0.15, 0.2) is 0 Å². The zero-order chi connectivity index (χ0) is 18.9. The number of rotatable bonds is 3. The second-order valence-corrected chi connectivity index (χ2v) is 8.23. The number of nitrogens with one attached hydrogen (secondary N) is 1. The number of piperidine rings is 1. The van der Waals surface area contributed by atoms with Crippen LogP contribution in [0.1, 0.15) is 41.6 Å². The van der Waals surface area contributed by atoms with Crippen LogP contribution in [0.15, 0.2) is 54.6 Å². The number of fused-ring (bicyclic) bond motifs is 1. The molecule has 2 aromatic rings. The van der Waals surface area contributed by atoms with Gasteiger partial charge in [-0.3, -0.25) is 4.79 Å². The maximum atomic E-state index is 12.7. The Hall–Kier alpha value is -2.33. The van der Waals surface area contributed by atoms with Gasteiger partial charge in [0.2, 0.25) is 0 Å². The van der Waals surface area contributed by atoms with Crippen molar-refractivity contribution >= 4 is 5.91 Å². The standard InChI is InChI=1S/C23H28N2O2/c1-25-13-12-23(18-8-5-9-21(26)14-18)15-20(11-10-19(23)16-25)24-22(27)17-6-3-2-4-7-17/h2-9,14,19-20,26H,10-13,15-16H2,1H3,(H,24,27)/t19?,20-,23?/m0/s1. The third-order valence-corrected chi connectivity index (χ3v) is 6.52. The molecule has 4 rings (SSSR count). The lowest BCUT2D eigenvalue weighted by Crippen LogP contribution is -2.55. The third-order valence-electron chi connectivity index (χ3n) is 6.52. The molecule has 2 unspecified atom stereocenters. The van der Waals surface area contributed by atoms with Crippen LogP contribution < -0.4 is 5.32 Å². The van der Waals surface area contributed by atoms with Crippen molar-refractivity contribution in [2.45, 2.75) is 37.1 Å². The van der Waals surface area contributed by atoms with Gasteiger partial charge in [0, 0.05) is 23.6 Å². The van der Waals surface area contributed by atoms with Crippen molar-refractivity contribution in [1.29, 1.82) is 0 Å². The van der Waals surface area contributed by atoms with Gasteiger partial charge in [-0.25, -0.2) is 0 Å². The van der Waals surface area contributed by atoms with Gasteiger partial charge in [0.1, 0.15) is 5.75 Å². The van der Waals surface area contributed by atoms with Crippen LogP contribution in [0.2, 0.25) is 0 Å². The molecular formula is C23H28N2O2. The van der Waals surface area contributed by atoms with Crippen LogP contribution >= 0.6 is 0 Å². The van der Waals surface area contributed by atoms with E-state index in [1.54, 1.807) is 6.07 Å². The van der Waals surface area contributed by atoms with Gasteiger partial charge in [-0.15, -0.1) is 0 Å². The second kappa shape index (κ2) is 7.35. The molecule has 1 heterocycles. The zero-order valence-corrected chi connectivity index (χ0v) is 15.9. The van der Waals surface area contributed by atoms with Crippen molar-refractivity contribution in [3.8, 4) is 5.75 Å². The number of hydrogen-bond acceptors (Lipinski definition) is 3. The molecule has 0 spiro atoms. The molecular weight excluding hydrogens is 336 g/mol. The monoisotopic (exact) mass is 364 g/mol. The van der Waals surface area contributed by atoms with Crippen LogP contribution in [0.5, 0.6) is 5.75 Å². The maximum Gasteiger partial charge on any atom is 0.251 e. The van der Waals surface area contributed by atoms with Crippen LogP contribution in [-0.4, -0.2) is 42.1 Å². The van der Waals surface area contributed by atoms with Crippen molar-refractivity contribution in [3.05, 3.63) is 65.7 Å². The molecule has 3 atom stereocenters. The Bertz CT molecular complexity index is 807. The molecule has 4 heteroatoms. The van der Waals surface area contributed by atoms with Crippen LogP contribution in [0, 0.1) is 5.92 Å². The maximum absolute atomic E-state index is 12.7. The summed E-state index contributed by atoms with van der Waals surface area (Å²) in [7, 11) is 2.19. The summed E-state index contributed by atoms with van der Waals surface area (Å²) in [6.07, 6.45) is 4.11. The molecule has 0 aromatic heterocycles. The van der Waals surface area contributed by atoms with E-state index in [2.05, 4.69) is 23.3 Å². The van der Waals surface area contributed by atoms with Crippen molar-refractivity contribution in [3.63, 3.8) is 0 Å². The Labute approximate surface area is 161 Å². The van der Waals surface area contributed by atoms with Gasteiger partial charge in [-0.1, -0.05) is 30.3 Å². The van der Waals surface area contributed by atoms with E-state index in [0.717, 1.165) is 44.3 Å². The SMILES string of the molecule is CN1CCC2(c3cccc(O)c3)C[C@@H](NC(=O)c3ccccc3)CCC2C1. The van der Waals surface area contributed by atoms with Crippen LogP contribution in [-0.2, 0) is 5.41 Å². The molecule has 4 nitrogen and oxygen atoms in total. The first-order valence-electron chi connectivity index (χ1n) is 9.91. The average Bonchev–Trinajstić information content (AvgIpc) is 2.69. The Morgan fingerprint density at radius 3 is 2.74 bits per heavy atom. The number of likely N-dealkylation sites (tertiary alicyclic amines) is 1. The van der Waals surface area contributed by atoms with Gasteiger partial charge in [0.05, 0.1) is 0 Å². The molecule has 2 aliphatic rings. The van der Waals surface area contributed by atoms with Crippen LogP contribution in [0.25, 0.3) is 0 Å². The molecule has 0 radical (unpaired) electrons. The van der Waals surface area contributed by atoms with E-state index in [-0.39, 0.29) is 17.4 Å². The summed E-state index contributed by atoms with van der Waals surface area (Å²) >= 11 is 0. The lowest BCUT2D eigenvalue weighted by Gasteiger charge is -2.52. The van der Waals surface area contributed by atoms with Crippen LogP contribution in [0.3, 0.4) is 0 Å². The molecule has 1 amide bonds. The number of aromatic hydroxyl groups is 1. The summed E-state index contributed by atoms with van der Waals surface area (Å²) in [5.41, 5.74) is 1.96. The predicted molar refractivity (Wildman–Crippen MR) is 107 cm³/mol. The number of hydrogen-bond donors (Lipinski definition) is 2. The first-order chi connectivity index (χ1) is 13.1. The highest BCUT2D eigenvalue weighted by Crippen LogP contribution is 2.49. The van der Waals surface area contributed by atoms with E-state index in [4.69, 9.17) is 0 Å². The molecule has 2 N–H and O–H groups in total. The molecule has 0 bridgehead atoms. The van der Waals surface area contributed by atoms with E-state index in [1.165, 1.54) is 5.56 Å². The zero-order valence-electron chi connectivity index (χ0n) is 15.9. The number of phenols is 1. The number of carbonyl (C=O) groups excluding carboxylic acids is 1. The minimum Gasteiger partial charge on any atom is -0.508 e. The Kier molecular flexibility index (Phi) is 4.92. The third kappa shape index (κ3) is 3.59. The van der Waals surface area contributed by atoms with Gasteiger partial charge in [-0.05, 0) is 75.0 Å². The average molecular weight is 364 g/mol. The molecule has 1 saturated heterocycles. The number of carbonyl (C=O) groups is 1. The molecule has 1 aliphatic carbocycles. The summed E-state index contributed by atoms with van der Waals surface area (Å²) in [6.45, 7) is 2.13. The summed E-state index contributed by atoms with van der Waals surface area (Å²) in [5, 5.41) is 13.3. The Morgan fingerprint density at radius 1 is 1.15 bits per heavy atom. The molecule has 1 saturated carbocycles. The quantitative estimate of drug-likeness (QED) is 0.875. The fraction of sp³-hybridized carbons (Fsp3) is 0.435. The number of nitrogens with zero attached hydrogens (tertiary/aromatic N) is 1. The van der Waals surface area contributed by atoms with E-state index >= 15 is 0 Å². The molecule has 142 valence electrons. The van der Waals surface area contributed by atoms with Gasteiger partial charge in [-0.2, -0.15) is 0 Å². The topological polar surface area (TPSA) is 52.6 Å². The molecule has 2 aromatic carbocycles. The minimum absolute atomic E-state index is 0.0121. The van der Waals surface area contributed by atoms with Crippen molar-refractivity contribution in [2.24, 2.45) is 5.92 Å².